The molecule has 1 fully saturated rings. The van der Waals surface area contributed by atoms with Gasteiger partial charge in [0.15, 0.2) is 0 Å². The van der Waals surface area contributed by atoms with Gasteiger partial charge in [-0.05, 0) is 43.9 Å². The molecule has 2 N–H and O–H groups in total. The first-order valence-electron chi connectivity index (χ1n) is 6.40. The van der Waals surface area contributed by atoms with E-state index in [0.717, 1.165) is 38.2 Å². The summed E-state index contributed by atoms with van der Waals surface area (Å²) in [6.45, 7) is 2.71. The Balaban J connectivity index is 2.21. The lowest BCUT2D eigenvalue weighted by molar-refractivity contribution is 0.396. The summed E-state index contributed by atoms with van der Waals surface area (Å²) in [6.07, 6.45) is 3.44. The van der Waals surface area contributed by atoms with Crippen LogP contribution in [0.4, 0.5) is 5.69 Å². The molecule has 0 radical (unpaired) electrons. The number of benzene rings is 1. The minimum atomic E-state index is 0.538. The smallest absolute Gasteiger partial charge is 0.103 e. The second kappa shape index (κ2) is 6.08. The predicted octanol–water partition coefficient (Wildman–Crippen LogP) is 2.78. The minimum Gasteiger partial charge on any atom is -0.370 e. The van der Waals surface area contributed by atoms with Crippen LogP contribution in [0.3, 0.4) is 0 Å². The van der Waals surface area contributed by atoms with Gasteiger partial charge in [0, 0.05) is 13.1 Å². The van der Waals surface area contributed by atoms with Crippen molar-refractivity contribution in [3.8, 4) is 6.07 Å². The topological polar surface area (TPSA) is 53.0 Å². The van der Waals surface area contributed by atoms with E-state index in [1.165, 1.54) is 6.42 Å². The number of rotatable bonds is 3. The van der Waals surface area contributed by atoms with Crippen LogP contribution in [0.5, 0.6) is 0 Å². The van der Waals surface area contributed by atoms with Crippen molar-refractivity contribution in [2.75, 3.05) is 24.5 Å². The summed E-state index contributed by atoms with van der Waals surface area (Å²) in [4.78, 5) is 2.27. The monoisotopic (exact) mass is 263 g/mol. The van der Waals surface area contributed by atoms with Crippen molar-refractivity contribution in [1.29, 1.82) is 5.26 Å². The van der Waals surface area contributed by atoms with Gasteiger partial charge in [0.25, 0.3) is 0 Å². The molecule has 1 unspecified atom stereocenters. The number of nitriles is 1. The minimum absolute atomic E-state index is 0.538. The average molecular weight is 264 g/mol. The molecule has 96 valence electrons. The fourth-order valence-corrected chi connectivity index (χ4v) is 2.85. The van der Waals surface area contributed by atoms with E-state index in [9.17, 15) is 5.26 Å². The molecule has 1 aliphatic rings. The summed E-state index contributed by atoms with van der Waals surface area (Å²) in [5.74, 6) is 0.634. The highest BCUT2D eigenvalue weighted by Crippen LogP contribution is 2.30. The lowest BCUT2D eigenvalue weighted by Crippen LogP contribution is -2.36. The molecule has 0 amide bonds. The zero-order valence-electron chi connectivity index (χ0n) is 10.4. The molecule has 1 heterocycles. The first-order valence-corrected chi connectivity index (χ1v) is 6.77. The van der Waals surface area contributed by atoms with Gasteiger partial charge in [-0.25, -0.2) is 0 Å². The van der Waals surface area contributed by atoms with Crippen LogP contribution in [-0.2, 0) is 0 Å². The first-order chi connectivity index (χ1) is 8.76. The number of hydrogen-bond donors (Lipinski definition) is 1. The molecular formula is C14H18ClN3. The molecule has 18 heavy (non-hydrogen) atoms. The lowest BCUT2D eigenvalue weighted by atomic mass is 9.94. The third-order valence-corrected chi connectivity index (χ3v) is 3.85. The summed E-state index contributed by atoms with van der Waals surface area (Å²) in [5, 5.41) is 9.76. The van der Waals surface area contributed by atoms with Gasteiger partial charge in [-0.2, -0.15) is 5.26 Å². The molecule has 1 saturated heterocycles. The van der Waals surface area contributed by atoms with Crippen LogP contribution in [0.25, 0.3) is 0 Å². The van der Waals surface area contributed by atoms with Gasteiger partial charge in [-0.1, -0.05) is 17.7 Å². The van der Waals surface area contributed by atoms with E-state index in [-0.39, 0.29) is 0 Å². The Morgan fingerprint density at radius 1 is 1.50 bits per heavy atom. The van der Waals surface area contributed by atoms with E-state index in [1.54, 1.807) is 6.07 Å². The molecule has 0 aliphatic carbocycles. The normalized spacial score (nSPS) is 19.6. The fourth-order valence-electron chi connectivity index (χ4n) is 2.64. The average Bonchev–Trinajstić information content (AvgIpc) is 2.39. The molecule has 0 bridgehead atoms. The molecule has 1 atom stereocenters. The largest absolute Gasteiger partial charge is 0.370 e. The zero-order chi connectivity index (χ0) is 13.0. The number of nitrogens with zero attached hydrogens (tertiary/aromatic N) is 2. The Morgan fingerprint density at radius 3 is 3.06 bits per heavy atom. The van der Waals surface area contributed by atoms with Crippen LogP contribution in [0.2, 0.25) is 5.02 Å². The van der Waals surface area contributed by atoms with E-state index < -0.39 is 0 Å². The zero-order valence-corrected chi connectivity index (χ0v) is 11.2. The quantitative estimate of drug-likeness (QED) is 0.912. The highest BCUT2D eigenvalue weighted by molar-refractivity contribution is 6.32. The van der Waals surface area contributed by atoms with Crippen LogP contribution in [-0.4, -0.2) is 19.6 Å². The second-order valence-corrected chi connectivity index (χ2v) is 5.18. The molecular weight excluding hydrogens is 246 g/mol. The maximum Gasteiger partial charge on any atom is 0.103 e. The molecule has 1 aromatic rings. The summed E-state index contributed by atoms with van der Waals surface area (Å²) in [7, 11) is 0. The molecule has 4 heteroatoms. The summed E-state index contributed by atoms with van der Waals surface area (Å²) in [5.41, 5.74) is 7.19. The number of anilines is 1. The molecule has 3 nitrogen and oxygen atoms in total. The summed E-state index contributed by atoms with van der Waals surface area (Å²) < 4.78 is 0. The Labute approximate surface area is 113 Å². The third-order valence-electron chi connectivity index (χ3n) is 3.54. The Kier molecular flexibility index (Phi) is 4.46. The number of hydrogen-bond acceptors (Lipinski definition) is 3. The number of piperidine rings is 1. The van der Waals surface area contributed by atoms with E-state index in [2.05, 4.69) is 11.0 Å². The molecule has 2 rings (SSSR count). The summed E-state index contributed by atoms with van der Waals surface area (Å²) in [6, 6.07) is 7.87. The van der Waals surface area contributed by atoms with Crippen LogP contribution in [0.15, 0.2) is 18.2 Å². The van der Waals surface area contributed by atoms with Gasteiger partial charge in [-0.15, -0.1) is 0 Å². The van der Waals surface area contributed by atoms with Crippen LogP contribution in [0.1, 0.15) is 24.8 Å². The first kappa shape index (κ1) is 13.2. The SMILES string of the molecule is N#Cc1c(Cl)cccc1N1CCCC(CCN)C1. The highest BCUT2D eigenvalue weighted by atomic mass is 35.5. The van der Waals surface area contributed by atoms with E-state index in [1.807, 2.05) is 12.1 Å². The Morgan fingerprint density at radius 2 is 2.33 bits per heavy atom. The van der Waals surface area contributed by atoms with Crippen molar-refractivity contribution in [3.05, 3.63) is 28.8 Å². The van der Waals surface area contributed by atoms with Gasteiger partial charge < -0.3 is 10.6 Å². The van der Waals surface area contributed by atoms with E-state index >= 15 is 0 Å². The maximum absolute atomic E-state index is 9.22. The molecule has 1 aromatic carbocycles. The van der Waals surface area contributed by atoms with Gasteiger partial charge in [-0.3, -0.25) is 0 Å². The van der Waals surface area contributed by atoms with Gasteiger partial charge in [0.2, 0.25) is 0 Å². The van der Waals surface area contributed by atoms with Gasteiger partial charge in [0.1, 0.15) is 6.07 Å². The highest BCUT2D eigenvalue weighted by Gasteiger charge is 2.22. The molecule has 0 aromatic heterocycles. The van der Waals surface area contributed by atoms with Crippen molar-refractivity contribution in [1.82, 2.24) is 0 Å². The summed E-state index contributed by atoms with van der Waals surface area (Å²) >= 11 is 6.08. The van der Waals surface area contributed by atoms with Crippen molar-refractivity contribution in [3.63, 3.8) is 0 Å². The van der Waals surface area contributed by atoms with Crippen LogP contribution in [0, 0.1) is 17.2 Å². The Hall–Kier alpha value is -1.24. The maximum atomic E-state index is 9.22. The van der Waals surface area contributed by atoms with Crippen LogP contribution < -0.4 is 10.6 Å². The van der Waals surface area contributed by atoms with Crippen LogP contribution >= 0.6 is 11.6 Å². The second-order valence-electron chi connectivity index (χ2n) is 4.78. The molecule has 0 saturated carbocycles. The predicted molar refractivity (Wildman–Crippen MR) is 74.8 cm³/mol. The van der Waals surface area contributed by atoms with Gasteiger partial charge >= 0.3 is 0 Å². The molecule has 0 spiro atoms. The number of halogens is 1. The van der Waals surface area contributed by atoms with Crippen molar-refractivity contribution in [2.24, 2.45) is 11.7 Å². The molecule has 1 aliphatic heterocycles. The van der Waals surface area contributed by atoms with Gasteiger partial charge in [0.05, 0.1) is 16.3 Å². The van der Waals surface area contributed by atoms with Crippen molar-refractivity contribution >= 4 is 17.3 Å². The van der Waals surface area contributed by atoms with E-state index in [0.29, 0.717) is 16.5 Å². The number of nitrogens with two attached hydrogens (primary N) is 1. The third kappa shape index (κ3) is 2.77. The van der Waals surface area contributed by atoms with Crippen molar-refractivity contribution in [2.45, 2.75) is 19.3 Å². The lowest BCUT2D eigenvalue weighted by Gasteiger charge is -2.35. The van der Waals surface area contributed by atoms with Crippen molar-refractivity contribution < 1.29 is 0 Å². The fraction of sp³-hybridized carbons (Fsp3) is 0.500. The van der Waals surface area contributed by atoms with E-state index in [4.69, 9.17) is 17.3 Å². The Bertz CT molecular complexity index is 451. The standard InChI is InChI=1S/C14H18ClN3/c15-13-4-1-5-14(12(13)9-17)18-8-2-3-11(10-18)6-7-16/h1,4-5,11H,2-3,6-8,10,16H2.